The van der Waals surface area contributed by atoms with Crippen molar-refractivity contribution in [2.24, 2.45) is 0 Å². The third kappa shape index (κ3) is 6.68. The van der Waals surface area contributed by atoms with Crippen LogP contribution < -0.4 is 10.9 Å². The lowest BCUT2D eigenvalue weighted by molar-refractivity contribution is 0.102. The van der Waals surface area contributed by atoms with Gasteiger partial charge >= 0.3 is 0 Å². The Balaban J connectivity index is 0.00000181. The van der Waals surface area contributed by atoms with Gasteiger partial charge < -0.3 is 14.6 Å². The van der Waals surface area contributed by atoms with Crippen LogP contribution in [0.3, 0.4) is 0 Å². The molecule has 1 aromatic heterocycles. The van der Waals surface area contributed by atoms with Crippen LogP contribution in [-0.4, -0.2) is 17.1 Å². The summed E-state index contributed by atoms with van der Waals surface area (Å²) in [5, 5.41) is 4.10. The minimum atomic E-state index is -0.305. The summed E-state index contributed by atoms with van der Waals surface area (Å²) in [6.45, 7) is 9.63. The normalized spacial score (nSPS) is 14.2. The van der Waals surface area contributed by atoms with E-state index in [1.54, 1.807) is 0 Å². The molecule has 40 heavy (non-hydrogen) atoms. The molecular weight excluding hydrogens is 496 g/mol. The molecule has 5 nitrogen and oxygen atoms in total. The van der Waals surface area contributed by atoms with Gasteiger partial charge in [0.15, 0.2) is 0 Å². The Morgan fingerprint density at radius 2 is 1.68 bits per heavy atom. The van der Waals surface area contributed by atoms with Crippen LogP contribution in [0.25, 0.3) is 16.7 Å². The zero-order valence-electron chi connectivity index (χ0n) is 24.9. The third-order valence-electron chi connectivity index (χ3n) is 7.87. The van der Waals surface area contributed by atoms with Gasteiger partial charge in [0.1, 0.15) is 11.3 Å². The Labute approximate surface area is 239 Å². The monoisotopic (exact) mass is 542 g/mol. The van der Waals surface area contributed by atoms with Gasteiger partial charge in [0.2, 0.25) is 0 Å². The number of aryl methyl sites for hydroxylation is 1. The first-order valence-electron chi connectivity index (χ1n) is 15.5. The molecule has 5 rings (SSSR count). The first-order chi connectivity index (χ1) is 19.6. The van der Waals surface area contributed by atoms with Gasteiger partial charge in [-0.15, -0.1) is 0 Å². The Bertz CT molecular complexity index is 1370. The Hall–Kier alpha value is -3.34. The highest BCUT2D eigenvalue weighted by Gasteiger charge is 2.30. The second kappa shape index (κ2) is 14.3. The smallest absolute Gasteiger partial charge is 0.264 e. The summed E-state index contributed by atoms with van der Waals surface area (Å²) in [7, 11) is 0. The number of benzene rings is 2. The average molecular weight is 543 g/mol. The fourth-order valence-corrected chi connectivity index (χ4v) is 5.47. The van der Waals surface area contributed by atoms with Crippen molar-refractivity contribution in [2.75, 3.05) is 11.9 Å². The highest BCUT2D eigenvalue weighted by atomic mass is 16.5. The summed E-state index contributed by atoms with van der Waals surface area (Å²) in [5.41, 5.74) is 5.13. The van der Waals surface area contributed by atoms with Crippen molar-refractivity contribution in [3.8, 4) is 0 Å². The highest BCUT2D eigenvalue weighted by molar-refractivity contribution is 6.08. The molecular formula is C35H46N2O3. The zero-order valence-corrected chi connectivity index (χ0v) is 24.9. The number of fused-ring (bicyclic) bond motifs is 1. The molecule has 3 aromatic rings. The van der Waals surface area contributed by atoms with Crippen molar-refractivity contribution in [3.63, 3.8) is 0 Å². The number of carbonyl (C=O) groups excluding carboxylic acids is 1. The second-order valence-corrected chi connectivity index (χ2v) is 10.8. The van der Waals surface area contributed by atoms with E-state index in [2.05, 4.69) is 25.2 Å². The van der Waals surface area contributed by atoms with Crippen LogP contribution in [0.4, 0.5) is 5.69 Å². The topological polar surface area (TPSA) is 60.3 Å². The van der Waals surface area contributed by atoms with Gasteiger partial charge in [0.25, 0.3) is 11.5 Å². The standard InChI is InChI=1S/C33H40N2O3.C2H6/c1-3-5-6-9-21-35-28-14-8-7-13-27(28)29(23-11-10-12-23)30(33(35)37)32(36)34-26-19-17-25(18-20-26)31(24-15-16-24)38-22-4-2;1-2/h7-8,13-14,17-20,23H,3-6,9-12,15-16,21-22H2,1-2H3,(H,34,36);1-2H3. The van der Waals surface area contributed by atoms with Gasteiger partial charge in [0.05, 0.1) is 12.1 Å². The maximum atomic E-state index is 13.9. The van der Waals surface area contributed by atoms with Crippen LogP contribution in [0.2, 0.25) is 0 Å². The fourth-order valence-electron chi connectivity index (χ4n) is 5.47. The molecule has 0 unspecified atom stereocenters. The zero-order chi connectivity index (χ0) is 28.5. The van der Waals surface area contributed by atoms with Gasteiger partial charge in [-0.25, -0.2) is 0 Å². The summed E-state index contributed by atoms with van der Waals surface area (Å²) < 4.78 is 7.86. The summed E-state index contributed by atoms with van der Waals surface area (Å²) >= 11 is 0. The average Bonchev–Trinajstić information content (AvgIpc) is 3.79. The molecule has 2 aliphatic rings. The number of allylic oxidation sites excluding steroid dienone is 1. The van der Waals surface area contributed by atoms with Crippen LogP contribution in [0.15, 0.2) is 58.9 Å². The fraction of sp³-hybridized carbons (Fsp3) is 0.486. The van der Waals surface area contributed by atoms with Crippen molar-refractivity contribution in [1.82, 2.24) is 4.57 Å². The van der Waals surface area contributed by atoms with E-state index in [1.165, 1.54) is 5.57 Å². The molecule has 0 radical (unpaired) electrons. The molecule has 0 atom stereocenters. The van der Waals surface area contributed by atoms with E-state index in [1.807, 2.05) is 60.9 Å². The molecule has 2 aliphatic carbocycles. The van der Waals surface area contributed by atoms with Crippen LogP contribution in [0, 0.1) is 0 Å². The van der Waals surface area contributed by atoms with Crippen molar-refractivity contribution in [3.05, 3.63) is 81.1 Å². The number of nitrogens with one attached hydrogen (secondary N) is 1. The predicted molar refractivity (Wildman–Crippen MR) is 167 cm³/mol. The van der Waals surface area contributed by atoms with Gasteiger partial charge in [-0.2, -0.15) is 0 Å². The number of nitrogens with zero attached hydrogens (tertiary/aromatic N) is 1. The van der Waals surface area contributed by atoms with Gasteiger partial charge in [0, 0.05) is 23.2 Å². The molecule has 0 saturated heterocycles. The van der Waals surface area contributed by atoms with Gasteiger partial charge in [-0.3, -0.25) is 9.59 Å². The second-order valence-electron chi connectivity index (χ2n) is 10.8. The number of hydrogen-bond acceptors (Lipinski definition) is 3. The maximum Gasteiger partial charge on any atom is 0.264 e. The SMILES string of the molecule is CC.CCCCCCn1c(=O)c(C(=O)Nc2ccc(C(OCCC)=C3CC3)cc2)c(C2CCC2)c2ccccc21. The number of ether oxygens (including phenoxy) is 1. The van der Waals surface area contributed by atoms with Gasteiger partial charge in [-0.05, 0) is 85.9 Å². The summed E-state index contributed by atoms with van der Waals surface area (Å²) in [4.78, 5) is 27.7. The van der Waals surface area contributed by atoms with E-state index in [-0.39, 0.29) is 17.4 Å². The van der Waals surface area contributed by atoms with Gasteiger partial charge in [-0.1, -0.05) is 71.6 Å². The number of aromatic nitrogens is 1. The Kier molecular flexibility index (Phi) is 10.6. The summed E-state index contributed by atoms with van der Waals surface area (Å²) in [6, 6.07) is 16.0. The van der Waals surface area contributed by atoms with Crippen molar-refractivity contribution in [2.45, 2.75) is 104 Å². The molecule has 1 heterocycles. The van der Waals surface area contributed by atoms with E-state index >= 15 is 0 Å². The largest absolute Gasteiger partial charge is 0.493 e. The highest BCUT2D eigenvalue weighted by Crippen LogP contribution is 2.41. The van der Waals surface area contributed by atoms with Crippen LogP contribution >= 0.6 is 0 Å². The number of carbonyl (C=O) groups is 1. The predicted octanol–water partition coefficient (Wildman–Crippen LogP) is 9.06. The number of rotatable bonds is 12. The molecule has 5 heteroatoms. The first-order valence-corrected chi connectivity index (χ1v) is 15.5. The lowest BCUT2D eigenvalue weighted by Gasteiger charge is -2.29. The number of para-hydroxylation sites is 1. The molecule has 2 saturated carbocycles. The van der Waals surface area contributed by atoms with Crippen LogP contribution in [0.5, 0.6) is 0 Å². The van der Waals surface area contributed by atoms with E-state index < -0.39 is 0 Å². The minimum Gasteiger partial charge on any atom is -0.493 e. The molecule has 0 aliphatic heterocycles. The number of amides is 1. The third-order valence-corrected chi connectivity index (χ3v) is 7.87. The molecule has 1 N–H and O–H groups in total. The van der Waals surface area contributed by atoms with E-state index in [4.69, 9.17) is 4.74 Å². The van der Waals surface area contributed by atoms with Crippen molar-refractivity contribution >= 4 is 28.3 Å². The minimum absolute atomic E-state index is 0.162. The number of hydrogen-bond donors (Lipinski definition) is 1. The lowest BCUT2D eigenvalue weighted by atomic mass is 9.76. The van der Waals surface area contributed by atoms with Crippen LogP contribution in [0.1, 0.15) is 119 Å². The molecule has 1 amide bonds. The first kappa shape index (κ1) is 29.6. The molecule has 214 valence electrons. The lowest BCUT2D eigenvalue weighted by Crippen LogP contribution is -2.33. The van der Waals surface area contributed by atoms with Crippen molar-refractivity contribution in [1.29, 1.82) is 0 Å². The number of pyridine rings is 1. The maximum absolute atomic E-state index is 13.9. The van der Waals surface area contributed by atoms with Crippen molar-refractivity contribution < 1.29 is 9.53 Å². The van der Waals surface area contributed by atoms with Crippen LogP contribution in [-0.2, 0) is 11.3 Å². The Morgan fingerprint density at radius 3 is 2.30 bits per heavy atom. The number of unbranched alkanes of at least 4 members (excludes halogenated alkanes) is 3. The number of anilines is 1. The van der Waals surface area contributed by atoms with E-state index in [0.717, 1.165) is 92.0 Å². The molecule has 0 spiro atoms. The Morgan fingerprint density at radius 1 is 0.950 bits per heavy atom. The molecule has 2 aromatic carbocycles. The van der Waals surface area contributed by atoms with E-state index in [9.17, 15) is 9.59 Å². The summed E-state index contributed by atoms with van der Waals surface area (Å²) in [5.74, 6) is 0.937. The molecule has 2 fully saturated rings. The molecule has 0 bridgehead atoms. The van der Waals surface area contributed by atoms with E-state index in [0.29, 0.717) is 24.4 Å². The quantitative estimate of drug-likeness (QED) is 0.183. The summed E-state index contributed by atoms with van der Waals surface area (Å²) in [6.07, 6.45) is 10.6.